The maximum absolute atomic E-state index is 11.7. The van der Waals surface area contributed by atoms with Crippen LogP contribution in [0.3, 0.4) is 0 Å². The van der Waals surface area contributed by atoms with Crippen LogP contribution in [0.25, 0.3) is 6.08 Å². The fraction of sp³-hybridized carbons (Fsp3) is 0.333. The summed E-state index contributed by atoms with van der Waals surface area (Å²) >= 11 is 7.28. The Balaban J connectivity index is 1.96. The third-order valence-electron chi connectivity index (χ3n) is 3.88. The van der Waals surface area contributed by atoms with Crippen LogP contribution in [-0.2, 0) is 4.79 Å². The molecular formula is C15H16ClN3O2S. The highest BCUT2D eigenvalue weighted by Crippen LogP contribution is 2.36. The number of nitrogens with two attached hydrogens (primary N) is 1. The predicted octanol–water partition coefficient (Wildman–Crippen LogP) is 2.45. The number of imide groups is 1. The number of carbonyl (C=O) groups excluding carboxylic acids is 2. The van der Waals surface area contributed by atoms with Gasteiger partial charge in [-0.2, -0.15) is 0 Å². The minimum atomic E-state index is -0.359. The molecule has 2 heterocycles. The zero-order valence-corrected chi connectivity index (χ0v) is 13.4. The number of nitrogens with zero attached hydrogens (tertiary/aromatic N) is 1. The van der Waals surface area contributed by atoms with E-state index >= 15 is 0 Å². The van der Waals surface area contributed by atoms with E-state index in [1.54, 1.807) is 6.08 Å². The van der Waals surface area contributed by atoms with Gasteiger partial charge in [0.05, 0.1) is 15.6 Å². The molecule has 7 heteroatoms. The number of hydrogen-bond acceptors (Lipinski definition) is 5. The Kier molecular flexibility index (Phi) is 4.42. The average molecular weight is 338 g/mol. The number of carbonyl (C=O) groups is 2. The second kappa shape index (κ2) is 6.32. The van der Waals surface area contributed by atoms with Gasteiger partial charge in [-0.05, 0) is 42.8 Å². The molecule has 0 spiro atoms. The summed E-state index contributed by atoms with van der Waals surface area (Å²) in [6, 6.07) is 5.58. The van der Waals surface area contributed by atoms with Crippen molar-refractivity contribution in [3.05, 3.63) is 33.7 Å². The van der Waals surface area contributed by atoms with E-state index in [1.807, 2.05) is 18.2 Å². The first kappa shape index (κ1) is 15.4. The second-order valence-electron chi connectivity index (χ2n) is 5.37. The number of rotatable bonds is 3. The molecule has 0 saturated carbocycles. The van der Waals surface area contributed by atoms with E-state index in [0.717, 1.165) is 42.5 Å². The number of para-hydroxylation sites is 1. The van der Waals surface area contributed by atoms with Gasteiger partial charge in [-0.1, -0.05) is 23.7 Å². The van der Waals surface area contributed by atoms with Crippen LogP contribution in [0.5, 0.6) is 0 Å². The van der Waals surface area contributed by atoms with E-state index < -0.39 is 0 Å². The number of hydrogen-bond donors (Lipinski definition) is 2. The lowest BCUT2D eigenvalue weighted by Gasteiger charge is -2.22. The molecule has 2 fully saturated rings. The Bertz CT molecular complexity index is 662. The van der Waals surface area contributed by atoms with Crippen LogP contribution in [0.2, 0.25) is 5.02 Å². The lowest BCUT2D eigenvalue weighted by Crippen LogP contribution is -2.23. The monoisotopic (exact) mass is 337 g/mol. The molecular weight excluding hydrogens is 322 g/mol. The Labute approximate surface area is 137 Å². The highest BCUT2D eigenvalue weighted by atomic mass is 35.5. The lowest BCUT2D eigenvalue weighted by molar-refractivity contribution is -0.115. The molecule has 5 nitrogen and oxygen atoms in total. The van der Waals surface area contributed by atoms with Crippen molar-refractivity contribution in [2.45, 2.75) is 6.42 Å². The van der Waals surface area contributed by atoms with Crippen molar-refractivity contribution in [2.24, 2.45) is 11.7 Å². The first-order chi connectivity index (χ1) is 10.6. The van der Waals surface area contributed by atoms with Gasteiger partial charge < -0.3 is 10.6 Å². The first-order valence-electron chi connectivity index (χ1n) is 7.07. The van der Waals surface area contributed by atoms with Crippen molar-refractivity contribution in [3.63, 3.8) is 0 Å². The van der Waals surface area contributed by atoms with Gasteiger partial charge in [0.1, 0.15) is 0 Å². The number of nitrogens with one attached hydrogen (secondary N) is 1. The Hall–Kier alpha value is -1.50. The Morgan fingerprint density at radius 1 is 1.45 bits per heavy atom. The molecule has 1 aromatic carbocycles. The van der Waals surface area contributed by atoms with Gasteiger partial charge in [0, 0.05) is 18.7 Å². The number of anilines is 1. The molecule has 3 N–H and O–H groups in total. The molecule has 2 aliphatic heterocycles. The van der Waals surface area contributed by atoms with Gasteiger partial charge in [0.15, 0.2) is 0 Å². The third-order valence-corrected chi connectivity index (χ3v) is 5.00. The highest BCUT2D eigenvalue weighted by Gasteiger charge is 2.27. The summed E-state index contributed by atoms with van der Waals surface area (Å²) in [6.07, 6.45) is 2.76. The molecule has 2 aliphatic rings. The van der Waals surface area contributed by atoms with Crippen LogP contribution < -0.4 is 16.0 Å². The third kappa shape index (κ3) is 2.99. The lowest BCUT2D eigenvalue weighted by atomic mass is 10.1. The van der Waals surface area contributed by atoms with Crippen molar-refractivity contribution in [3.8, 4) is 0 Å². The fourth-order valence-corrected chi connectivity index (χ4v) is 3.75. The van der Waals surface area contributed by atoms with Crippen LogP contribution >= 0.6 is 23.4 Å². The van der Waals surface area contributed by atoms with Crippen LogP contribution in [-0.4, -0.2) is 30.8 Å². The van der Waals surface area contributed by atoms with E-state index in [0.29, 0.717) is 22.4 Å². The van der Waals surface area contributed by atoms with Crippen molar-refractivity contribution in [1.82, 2.24) is 5.32 Å². The molecule has 0 unspecified atom stereocenters. The van der Waals surface area contributed by atoms with E-state index in [1.165, 1.54) is 0 Å². The van der Waals surface area contributed by atoms with Crippen LogP contribution in [0, 0.1) is 5.92 Å². The summed E-state index contributed by atoms with van der Waals surface area (Å²) in [5, 5.41) is 2.56. The van der Waals surface area contributed by atoms with Crippen LogP contribution in [0.15, 0.2) is 23.1 Å². The zero-order valence-electron chi connectivity index (χ0n) is 11.8. The zero-order chi connectivity index (χ0) is 15.7. The minimum Gasteiger partial charge on any atom is -0.370 e. The van der Waals surface area contributed by atoms with Gasteiger partial charge in [-0.25, -0.2) is 0 Å². The van der Waals surface area contributed by atoms with Crippen molar-refractivity contribution in [1.29, 1.82) is 0 Å². The quantitative estimate of drug-likeness (QED) is 0.829. The van der Waals surface area contributed by atoms with Crippen LogP contribution in [0.4, 0.5) is 10.5 Å². The average Bonchev–Trinajstić information content (AvgIpc) is 3.06. The summed E-state index contributed by atoms with van der Waals surface area (Å²) in [7, 11) is 0. The molecule has 116 valence electrons. The van der Waals surface area contributed by atoms with Crippen molar-refractivity contribution < 1.29 is 9.59 Å². The fourth-order valence-electron chi connectivity index (χ4n) is 2.77. The Morgan fingerprint density at radius 3 is 2.91 bits per heavy atom. The topological polar surface area (TPSA) is 75.4 Å². The van der Waals surface area contributed by atoms with E-state index in [-0.39, 0.29) is 11.1 Å². The van der Waals surface area contributed by atoms with E-state index in [9.17, 15) is 9.59 Å². The number of thioether (sulfide) groups is 1. The van der Waals surface area contributed by atoms with Gasteiger partial charge >= 0.3 is 0 Å². The molecule has 0 bridgehead atoms. The standard InChI is InChI=1S/C15H16ClN3O2S/c16-11-3-1-2-10(6-12-14(20)18-15(21)22-12)13(11)19-5-4-9(7-17)8-19/h1-3,6,9H,4-5,7-8,17H2,(H,18,20,21)/b12-6-/t9-/m0/s1. The summed E-state index contributed by atoms with van der Waals surface area (Å²) in [4.78, 5) is 25.6. The minimum absolute atomic E-state index is 0.343. The molecule has 1 atom stereocenters. The molecule has 2 amide bonds. The van der Waals surface area contributed by atoms with Crippen molar-refractivity contribution >= 4 is 46.3 Å². The SMILES string of the molecule is NC[C@@H]1CCN(c2c(Cl)cccc2/C=C2\SC(=O)NC2=O)C1. The largest absolute Gasteiger partial charge is 0.370 e. The first-order valence-corrected chi connectivity index (χ1v) is 8.26. The number of amides is 2. The number of halogens is 1. The van der Waals surface area contributed by atoms with Crippen molar-refractivity contribution in [2.75, 3.05) is 24.5 Å². The van der Waals surface area contributed by atoms with Gasteiger partial charge in [0.25, 0.3) is 11.1 Å². The maximum Gasteiger partial charge on any atom is 0.290 e. The van der Waals surface area contributed by atoms with Gasteiger partial charge in [-0.3, -0.25) is 14.9 Å². The molecule has 1 aromatic rings. The summed E-state index contributed by atoms with van der Waals surface area (Å²) in [5.74, 6) is 0.102. The second-order valence-corrected chi connectivity index (χ2v) is 6.79. The molecule has 2 saturated heterocycles. The normalized spacial score (nSPS) is 23.5. The number of benzene rings is 1. The molecule has 0 aromatic heterocycles. The maximum atomic E-state index is 11.7. The Morgan fingerprint density at radius 2 is 2.27 bits per heavy atom. The molecule has 0 aliphatic carbocycles. The van der Waals surface area contributed by atoms with E-state index in [4.69, 9.17) is 17.3 Å². The molecule has 22 heavy (non-hydrogen) atoms. The predicted molar refractivity (Wildman–Crippen MR) is 89.9 cm³/mol. The summed E-state index contributed by atoms with van der Waals surface area (Å²) < 4.78 is 0. The highest BCUT2D eigenvalue weighted by molar-refractivity contribution is 8.18. The summed E-state index contributed by atoms with van der Waals surface area (Å²) in [5.41, 5.74) is 7.50. The molecule has 3 rings (SSSR count). The smallest absolute Gasteiger partial charge is 0.290 e. The summed E-state index contributed by atoms with van der Waals surface area (Å²) in [6.45, 7) is 2.40. The van der Waals surface area contributed by atoms with Gasteiger partial charge in [0.2, 0.25) is 0 Å². The molecule has 0 radical (unpaired) electrons. The van der Waals surface area contributed by atoms with E-state index in [2.05, 4.69) is 10.2 Å². The van der Waals surface area contributed by atoms with Crippen LogP contribution in [0.1, 0.15) is 12.0 Å². The van der Waals surface area contributed by atoms with Gasteiger partial charge in [-0.15, -0.1) is 0 Å².